The van der Waals surface area contributed by atoms with E-state index in [1.165, 1.54) is 22.2 Å². The molecule has 0 saturated carbocycles. The molecule has 28 heavy (non-hydrogen) atoms. The molecule has 0 radical (unpaired) electrons. The van der Waals surface area contributed by atoms with Gasteiger partial charge in [0, 0.05) is 11.9 Å². The number of fused-ring (bicyclic) bond motifs is 4. The Morgan fingerprint density at radius 2 is 2.04 bits per heavy atom. The predicted molar refractivity (Wildman–Crippen MR) is 114 cm³/mol. The Balaban J connectivity index is 1.56. The SMILES string of the molecule is C[C@H](Sc1nc2sc3c(c2c(=O)n1C)CCC3)c1nc2ccccc2c(=O)[nH]1. The summed E-state index contributed by atoms with van der Waals surface area (Å²) >= 11 is 3.08. The van der Waals surface area contributed by atoms with Gasteiger partial charge in [-0.1, -0.05) is 23.9 Å². The van der Waals surface area contributed by atoms with Gasteiger partial charge in [0.15, 0.2) is 5.16 Å². The zero-order chi connectivity index (χ0) is 19.4. The summed E-state index contributed by atoms with van der Waals surface area (Å²) in [4.78, 5) is 39.7. The molecule has 3 aromatic heterocycles. The van der Waals surface area contributed by atoms with Gasteiger partial charge in [-0.2, -0.15) is 0 Å². The van der Waals surface area contributed by atoms with Crippen LogP contribution in [-0.4, -0.2) is 19.5 Å². The van der Waals surface area contributed by atoms with Crippen LogP contribution in [0.1, 0.15) is 34.9 Å². The van der Waals surface area contributed by atoms with E-state index in [4.69, 9.17) is 4.98 Å². The molecule has 8 heteroatoms. The average Bonchev–Trinajstić information content (AvgIpc) is 3.26. The average molecular weight is 411 g/mol. The Kier molecular flexibility index (Phi) is 4.13. The number of nitrogens with zero attached hydrogens (tertiary/aromatic N) is 3. The molecule has 1 N–H and O–H groups in total. The maximum atomic E-state index is 13.0. The van der Waals surface area contributed by atoms with Crippen LogP contribution >= 0.6 is 23.1 Å². The lowest BCUT2D eigenvalue weighted by atomic mass is 10.2. The molecule has 3 heterocycles. The molecule has 0 spiro atoms. The lowest BCUT2D eigenvalue weighted by Gasteiger charge is -2.13. The highest BCUT2D eigenvalue weighted by Gasteiger charge is 2.23. The topological polar surface area (TPSA) is 80.6 Å². The van der Waals surface area contributed by atoms with E-state index < -0.39 is 0 Å². The lowest BCUT2D eigenvalue weighted by molar-refractivity contribution is 0.723. The van der Waals surface area contributed by atoms with Crippen molar-refractivity contribution in [3.63, 3.8) is 0 Å². The Hall–Kier alpha value is -2.45. The Morgan fingerprint density at radius 3 is 2.89 bits per heavy atom. The number of H-pyrrole nitrogens is 1. The molecule has 4 aromatic rings. The molecule has 0 bridgehead atoms. The summed E-state index contributed by atoms with van der Waals surface area (Å²) < 4.78 is 1.62. The number of aromatic amines is 1. The fourth-order valence-electron chi connectivity index (χ4n) is 3.72. The highest BCUT2D eigenvalue weighted by molar-refractivity contribution is 7.99. The van der Waals surface area contributed by atoms with Gasteiger partial charge in [0.05, 0.1) is 21.5 Å². The standard InChI is InChI=1S/C20H18N4O2S2/c1-10(16-21-13-8-4-3-6-11(13)17(25)22-16)27-20-23-18-15(19(26)24(20)2)12-7-5-9-14(12)28-18/h3-4,6,8,10H,5,7,9H2,1-2H3,(H,21,22,25)/t10-/m0/s1. The Bertz CT molecular complexity index is 1350. The van der Waals surface area contributed by atoms with Crippen LogP contribution < -0.4 is 11.1 Å². The van der Waals surface area contributed by atoms with Gasteiger partial charge in [-0.15, -0.1) is 11.3 Å². The van der Waals surface area contributed by atoms with Gasteiger partial charge in [-0.05, 0) is 43.9 Å². The summed E-state index contributed by atoms with van der Waals surface area (Å²) in [7, 11) is 1.76. The number of aromatic nitrogens is 4. The van der Waals surface area contributed by atoms with E-state index in [1.54, 1.807) is 29.0 Å². The first-order valence-electron chi connectivity index (χ1n) is 9.20. The maximum Gasteiger partial charge on any atom is 0.262 e. The summed E-state index contributed by atoms with van der Waals surface area (Å²) in [6, 6.07) is 7.28. The van der Waals surface area contributed by atoms with Crippen molar-refractivity contribution in [2.24, 2.45) is 7.05 Å². The summed E-state index contributed by atoms with van der Waals surface area (Å²) in [5, 5.41) is 1.85. The van der Waals surface area contributed by atoms with E-state index in [1.807, 2.05) is 25.1 Å². The summed E-state index contributed by atoms with van der Waals surface area (Å²) in [5.41, 5.74) is 1.72. The molecule has 0 amide bonds. The molecule has 0 unspecified atom stereocenters. The van der Waals surface area contributed by atoms with Crippen molar-refractivity contribution in [2.75, 3.05) is 0 Å². The molecule has 1 atom stereocenters. The van der Waals surface area contributed by atoms with E-state index in [-0.39, 0.29) is 16.4 Å². The number of para-hydroxylation sites is 1. The second-order valence-electron chi connectivity index (χ2n) is 7.02. The molecule has 6 nitrogen and oxygen atoms in total. The molecule has 1 aromatic carbocycles. The van der Waals surface area contributed by atoms with Crippen LogP contribution in [0, 0.1) is 0 Å². The van der Waals surface area contributed by atoms with Crippen LogP contribution in [0.5, 0.6) is 0 Å². The van der Waals surface area contributed by atoms with Crippen molar-refractivity contribution in [2.45, 2.75) is 36.6 Å². The van der Waals surface area contributed by atoms with Crippen LogP contribution in [0.4, 0.5) is 0 Å². The van der Waals surface area contributed by atoms with E-state index >= 15 is 0 Å². The molecule has 142 valence electrons. The van der Waals surface area contributed by atoms with E-state index in [9.17, 15) is 9.59 Å². The highest BCUT2D eigenvalue weighted by atomic mass is 32.2. The number of benzene rings is 1. The van der Waals surface area contributed by atoms with E-state index in [0.717, 1.165) is 29.5 Å². The first-order valence-corrected chi connectivity index (χ1v) is 10.9. The highest BCUT2D eigenvalue weighted by Crippen LogP contribution is 2.37. The molecular formula is C20H18N4O2S2. The molecule has 5 rings (SSSR count). The minimum Gasteiger partial charge on any atom is -0.309 e. The summed E-state index contributed by atoms with van der Waals surface area (Å²) in [5.74, 6) is 0.580. The van der Waals surface area contributed by atoms with Crippen molar-refractivity contribution in [3.05, 3.63) is 61.2 Å². The molecule has 1 aliphatic rings. The largest absolute Gasteiger partial charge is 0.309 e. The van der Waals surface area contributed by atoms with Crippen molar-refractivity contribution < 1.29 is 0 Å². The molecular weight excluding hydrogens is 392 g/mol. The van der Waals surface area contributed by atoms with E-state index in [2.05, 4.69) is 9.97 Å². The van der Waals surface area contributed by atoms with Gasteiger partial charge in [0.25, 0.3) is 11.1 Å². The van der Waals surface area contributed by atoms with Crippen LogP contribution in [0.2, 0.25) is 0 Å². The minimum absolute atomic E-state index is 0.0130. The maximum absolute atomic E-state index is 13.0. The molecule has 0 fully saturated rings. The number of aryl methyl sites for hydroxylation is 2. The second-order valence-corrected chi connectivity index (χ2v) is 9.42. The minimum atomic E-state index is -0.153. The Labute approximate surface area is 168 Å². The third-order valence-corrected chi connectivity index (χ3v) is 7.54. The van der Waals surface area contributed by atoms with Gasteiger partial charge in [-0.25, -0.2) is 9.97 Å². The fraction of sp³-hybridized carbons (Fsp3) is 0.300. The summed E-state index contributed by atoms with van der Waals surface area (Å²) in [6.45, 7) is 1.96. The molecule has 0 saturated heterocycles. The monoisotopic (exact) mass is 410 g/mol. The quantitative estimate of drug-likeness (QED) is 0.412. The van der Waals surface area contributed by atoms with Gasteiger partial charge >= 0.3 is 0 Å². The van der Waals surface area contributed by atoms with Crippen molar-refractivity contribution in [1.29, 1.82) is 0 Å². The molecule has 1 aliphatic carbocycles. The number of hydrogen-bond acceptors (Lipinski definition) is 6. The van der Waals surface area contributed by atoms with Crippen molar-refractivity contribution >= 4 is 44.2 Å². The number of thioether (sulfide) groups is 1. The van der Waals surface area contributed by atoms with Gasteiger partial charge in [0.2, 0.25) is 0 Å². The fourth-order valence-corrected chi connectivity index (χ4v) is 5.96. The smallest absolute Gasteiger partial charge is 0.262 e. The predicted octanol–water partition coefficient (Wildman–Crippen LogP) is 3.57. The van der Waals surface area contributed by atoms with E-state index in [0.29, 0.717) is 21.9 Å². The summed E-state index contributed by atoms with van der Waals surface area (Å²) in [6.07, 6.45) is 3.13. The first-order chi connectivity index (χ1) is 13.5. The number of hydrogen-bond donors (Lipinski definition) is 1. The van der Waals surface area contributed by atoms with Crippen LogP contribution in [0.15, 0.2) is 39.0 Å². The molecule has 0 aliphatic heterocycles. The van der Waals surface area contributed by atoms with Crippen LogP contribution in [0.3, 0.4) is 0 Å². The number of rotatable bonds is 3. The third-order valence-electron chi connectivity index (χ3n) is 5.20. The zero-order valence-electron chi connectivity index (χ0n) is 15.5. The van der Waals surface area contributed by atoms with Crippen molar-refractivity contribution in [3.8, 4) is 0 Å². The van der Waals surface area contributed by atoms with Crippen LogP contribution in [0.25, 0.3) is 21.1 Å². The zero-order valence-corrected chi connectivity index (χ0v) is 17.1. The van der Waals surface area contributed by atoms with Gasteiger partial charge in [-0.3, -0.25) is 14.2 Å². The second kappa shape index (κ2) is 6.56. The third kappa shape index (κ3) is 2.70. The lowest BCUT2D eigenvalue weighted by Crippen LogP contribution is -2.20. The first kappa shape index (κ1) is 17.6. The number of thiophene rings is 1. The van der Waals surface area contributed by atoms with Gasteiger partial charge in [0.1, 0.15) is 10.7 Å². The normalized spacial score (nSPS) is 14.6. The van der Waals surface area contributed by atoms with Crippen LogP contribution in [-0.2, 0) is 19.9 Å². The van der Waals surface area contributed by atoms with Gasteiger partial charge < -0.3 is 4.98 Å². The van der Waals surface area contributed by atoms with Crippen molar-refractivity contribution in [1.82, 2.24) is 19.5 Å². The number of nitrogens with one attached hydrogen (secondary N) is 1. The Morgan fingerprint density at radius 1 is 1.21 bits per heavy atom.